The van der Waals surface area contributed by atoms with Gasteiger partial charge in [0.15, 0.2) is 23.6 Å². The summed E-state index contributed by atoms with van der Waals surface area (Å²) in [6.45, 7) is 1.46. The van der Waals surface area contributed by atoms with Gasteiger partial charge in [-0.3, -0.25) is 4.79 Å². The number of ether oxygens (including phenoxy) is 2. The minimum atomic E-state index is -1.65. The fraction of sp³-hybridized carbons (Fsp3) is 0.150. The van der Waals surface area contributed by atoms with Gasteiger partial charge in [0.25, 0.3) is 5.91 Å². The van der Waals surface area contributed by atoms with E-state index in [0.29, 0.717) is 11.5 Å². The van der Waals surface area contributed by atoms with Crippen molar-refractivity contribution in [2.45, 2.75) is 13.0 Å². The quantitative estimate of drug-likeness (QED) is 0.659. The lowest BCUT2D eigenvalue weighted by molar-refractivity contribution is -0.122. The predicted molar refractivity (Wildman–Crippen MR) is 95.5 cm³/mol. The van der Waals surface area contributed by atoms with Crippen LogP contribution in [-0.2, 0) is 4.79 Å². The van der Waals surface area contributed by atoms with E-state index in [1.807, 2.05) is 24.3 Å². The van der Waals surface area contributed by atoms with Crippen molar-refractivity contribution in [3.05, 3.63) is 66.0 Å². The van der Waals surface area contributed by atoms with Crippen LogP contribution in [0, 0.1) is 17.5 Å². The molecule has 0 saturated carbocycles. The number of benzene rings is 3. The molecule has 0 fully saturated rings. The molecule has 0 heterocycles. The largest absolute Gasteiger partial charge is 0.497 e. The van der Waals surface area contributed by atoms with Crippen LogP contribution in [0.5, 0.6) is 11.5 Å². The molecule has 3 rings (SSSR count). The van der Waals surface area contributed by atoms with Crippen molar-refractivity contribution >= 4 is 22.4 Å². The van der Waals surface area contributed by atoms with Gasteiger partial charge >= 0.3 is 0 Å². The van der Waals surface area contributed by atoms with Gasteiger partial charge in [-0.05, 0) is 54.1 Å². The second-order valence-corrected chi connectivity index (χ2v) is 5.85. The Balaban J connectivity index is 1.74. The summed E-state index contributed by atoms with van der Waals surface area (Å²) >= 11 is 0. The summed E-state index contributed by atoms with van der Waals surface area (Å²) in [5.74, 6) is -4.05. The van der Waals surface area contributed by atoms with Crippen molar-refractivity contribution in [2.75, 3.05) is 12.4 Å². The van der Waals surface area contributed by atoms with Gasteiger partial charge in [-0.25, -0.2) is 13.2 Å². The highest BCUT2D eigenvalue weighted by Gasteiger charge is 2.19. The lowest BCUT2D eigenvalue weighted by Crippen LogP contribution is -2.30. The number of methoxy groups -OCH3 is 1. The molecule has 3 aromatic rings. The Bertz CT molecular complexity index is 1010. The molecule has 1 amide bonds. The van der Waals surface area contributed by atoms with E-state index in [4.69, 9.17) is 9.47 Å². The maximum Gasteiger partial charge on any atom is 0.265 e. The molecule has 27 heavy (non-hydrogen) atoms. The summed E-state index contributed by atoms with van der Waals surface area (Å²) in [4.78, 5) is 12.2. The van der Waals surface area contributed by atoms with Crippen LogP contribution < -0.4 is 14.8 Å². The van der Waals surface area contributed by atoms with Gasteiger partial charge in [-0.1, -0.05) is 12.1 Å². The minimum Gasteiger partial charge on any atom is -0.497 e. The van der Waals surface area contributed by atoms with Crippen LogP contribution in [0.3, 0.4) is 0 Å². The van der Waals surface area contributed by atoms with Crippen LogP contribution in [0.25, 0.3) is 10.8 Å². The van der Waals surface area contributed by atoms with Gasteiger partial charge in [0.1, 0.15) is 11.5 Å². The number of carbonyl (C=O) groups excluding carboxylic acids is 1. The zero-order valence-corrected chi connectivity index (χ0v) is 14.6. The van der Waals surface area contributed by atoms with E-state index >= 15 is 0 Å². The highest BCUT2D eigenvalue weighted by Crippen LogP contribution is 2.26. The number of halogens is 3. The molecule has 3 aromatic carbocycles. The maximum absolute atomic E-state index is 13.7. The number of carbonyl (C=O) groups is 1. The van der Waals surface area contributed by atoms with Crippen LogP contribution in [-0.4, -0.2) is 19.1 Å². The molecule has 4 nitrogen and oxygen atoms in total. The summed E-state index contributed by atoms with van der Waals surface area (Å²) in [5.41, 5.74) is -0.461. The summed E-state index contributed by atoms with van der Waals surface area (Å²) in [5, 5.41) is 4.00. The molecule has 1 N–H and O–H groups in total. The first-order valence-corrected chi connectivity index (χ1v) is 8.08. The fourth-order valence-electron chi connectivity index (χ4n) is 2.52. The zero-order chi connectivity index (χ0) is 19.6. The van der Waals surface area contributed by atoms with E-state index in [2.05, 4.69) is 5.32 Å². The topological polar surface area (TPSA) is 47.6 Å². The van der Waals surface area contributed by atoms with E-state index < -0.39 is 35.2 Å². The number of hydrogen-bond donors (Lipinski definition) is 1. The summed E-state index contributed by atoms with van der Waals surface area (Å²) in [7, 11) is 1.56. The Hall–Kier alpha value is -3.22. The third-order valence-corrected chi connectivity index (χ3v) is 3.99. The molecular formula is C20H16F3NO3. The number of hydrogen-bond acceptors (Lipinski definition) is 3. The normalized spacial score (nSPS) is 11.9. The summed E-state index contributed by atoms with van der Waals surface area (Å²) in [6, 6.07) is 12.5. The molecule has 0 bridgehead atoms. The number of fused-ring (bicyclic) bond motifs is 1. The SMILES string of the molecule is COc1ccc2ccc(O[C@@H](C)C(=O)Nc3ccc(F)c(F)c3F)cc2c1. The molecule has 0 saturated heterocycles. The Labute approximate surface area is 153 Å². The molecule has 0 aromatic heterocycles. The summed E-state index contributed by atoms with van der Waals surface area (Å²) in [6.07, 6.45) is -0.999. The first kappa shape index (κ1) is 18.6. The van der Waals surface area contributed by atoms with E-state index in [1.54, 1.807) is 19.2 Å². The average molecular weight is 375 g/mol. The van der Waals surface area contributed by atoms with Gasteiger partial charge in [0.2, 0.25) is 0 Å². The van der Waals surface area contributed by atoms with Crippen LogP contribution in [0.15, 0.2) is 48.5 Å². The maximum atomic E-state index is 13.7. The monoisotopic (exact) mass is 375 g/mol. The zero-order valence-electron chi connectivity index (χ0n) is 14.6. The average Bonchev–Trinajstić information content (AvgIpc) is 2.67. The number of amides is 1. The molecule has 7 heteroatoms. The third-order valence-electron chi connectivity index (χ3n) is 3.99. The molecule has 140 valence electrons. The second kappa shape index (κ2) is 7.57. The van der Waals surface area contributed by atoms with Crippen LogP contribution in [0.2, 0.25) is 0 Å². The Kier molecular flexibility index (Phi) is 5.21. The lowest BCUT2D eigenvalue weighted by atomic mass is 10.1. The van der Waals surface area contributed by atoms with Gasteiger partial charge in [-0.2, -0.15) is 0 Å². The second-order valence-electron chi connectivity index (χ2n) is 5.85. The summed E-state index contributed by atoms with van der Waals surface area (Å²) < 4.78 is 50.7. The Morgan fingerprint density at radius 2 is 1.59 bits per heavy atom. The van der Waals surface area contributed by atoms with Crippen molar-refractivity contribution in [1.82, 2.24) is 0 Å². The highest BCUT2D eigenvalue weighted by molar-refractivity contribution is 5.94. The molecule has 0 spiro atoms. The first-order chi connectivity index (χ1) is 12.9. The van der Waals surface area contributed by atoms with Crippen molar-refractivity contribution in [3.8, 4) is 11.5 Å². The van der Waals surface area contributed by atoms with Crippen molar-refractivity contribution < 1.29 is 27.4 Å². The fourth-order valence-corrected chi connectivity index (χ4v) is 2.52. The van der Waals surface area contributed by atoms with Crippen LogP contribution in [0.1, 0.15) is 6.92 Å². The number of rotatable bonds is 5. The van der Waals surface area contributed by atoms with Gasteiger partial charge in [0, 0.05) is 0 Å². The molecular weight excluding hydrogens is 359 g/mol. The Morgan fingerprint density at radius 3 is 2.30 bits per heavy atom. The van der Waals surface area contributed by atoms with Gasteiger partial charge < -0.3 is 14.8 Å². The molecule has 0 unspecified atom stereocenters. The van der Waals surface area contributed by atoms with Crippen molar-refractivity contribution in [1.29, 1.82) is 0 Å². The number of nitrogens with one attached hydrogen (secondary N) is 1. The lowest BCUT2D eigenvalue weighted by Gasteiger charge is -2.16. The van der Waals surface area contributed by atoms with Gasteiger partial charge in [0.05, 0.1) is 12.8 Å². The Morgan fingerprint density at radius 1 is 0.926 bits per heavy atom. The van der Waals surface area contributed by atoms with Crippen molar-refractivity contribution in [2.24, 2.45) is 0 Å². The number of anilines is 1. The molecule has 0 aliphatic carbocycles. The van der Waals surface area contributed by atoms with E-state index in [0.717, 1.165) is 22.9 Å². The van der Waals surface area contributed by atoms with E-state index in [9.17, 15) is 18.0 Å². The third kappa shape index (κ3) is 3.97. The first-order valence-electron chi connectivity index (χ1n) is 8.08. The van der Waals surface area contributed by atoms with Crippen LogP contribution >= 0.6 is 0 Å². The molecule has 0 aliphatic rings. The minimum absolute atomic E-state index is 0.421. The molecule has 1 atom stereocenters. The van der Waals surface area contributed by atoms with E-state index in [-0.39, 0.29) is 0 Å². The van der Waals surface area contributed by atoms with Crippen LogP contribution in [0.4, 0.5) is 18.9 Å². The van der Waals surface area contributed by atoms with Gasteiger partial charge in [-0.15, -0.1) is 0 Å². The smallest absolute Gasteiger partial charge is 0.265 e. The standard InChI is InChI=1S/C20H16F3NO3/c1-11(20(25)24-17-8-7-16(21)18(22)19(17)23)27-15-6-4-12-3-5-14(26-2)9-13(12)10-15/h3-11H,1-2H3,(H,24,25)/t11-/m0/s1. The van der Waals surface area contributed by atoms with Crippen molar-refractivity contribution in [3.63, 3.8) is 0 Å². The highest BCUT2D eigenvalue weighted by atomic mass is 19.2. The predicted octanol–water partition coefficient (Wildman–Crippen LogP) is 4.67. The van der Waals surface area contributed by atoms with E-state index in [1.165, 1.54) is 6.92 Å². The molecule has 0 aliphatic heterocycles. The molecule has 0 radical (unpaired) electrons.